The summed E-state index contributed by atoms with van der Waals surface area (Å²) in [6.45, 7) is 5.77. The number of nitrogens with one attached hydrogen (secondary N) is 1. The number of carbonyl (C=O) groups is 3. The van der Waals surface area contributed by atoms with E-state index in [1.54, 1.807) is 6.92 Å². The van der Waals surface area contributed by atoms with E-state index in [-0.39, 0.29) is 55.5 Å². The lowest BCUT2D eigenvalue weighted by Gasteiger charge is -2.30. The summed E-state index contributed by atoms with van der Waals surface area (Å²) >= 11 is 2.24. The van der Waals surface area contributed by atoms with E-state index in [2.05, 4.69) is 39.8 Å². The number of amides is 1. The smallest absolute Gasteiger partial charge is 0.334 e. The average molecular weight is 729 g/mol. The van der Waals surface area contributed by atoms with Gasteiger partial charge in [-0.2, -0.15) is 0 Å². The van der Waals surface area contributed by atoms with Crippen LogP contribution in [0, 0.1) is 9.49 Å². The summed E-state index contributed by atoms with van der Waals surface area (Å²) in [5.41, 5.74) is -0.156. The van der Waals surface area contributed by atoms with E-state index >= 15 is 0 Å². The molecule has 0 saturated carbocycles. The first-order chi connectivity index (χ1) is 21.3. The molecule has 0 aliphatic carbocycles. The second-order valence-electron chi connectivity index (χ2n) is 10.0. The predicted molar refractivity (Wildman–Crippen MR) is 168 cm³/mol. The largest absolute Gasteiger partial charge is 0.493 e. The van der Waals surface area contributed by atoms with Crippen molar-refractivity contribution in [3.8, 4) is 17.2 Å². The molecule has 1 aliphatic heterocycles. The zero-order chi connectivity index (χ0) is 31.9. The first-order valence-corrected chi connectivity index (χ1v) is 15.8. The van der Waals surface area contributed by atoms with Gasteiger partial charge in [0.2, 0.25) is 6.79 Å². The zero-order valence-electron chi connectivity index (χ0n) is 25.5. The van der Waals surface area contributed by atoms with Crippen molar-refractivity contribution >= 4 is 40.4 Å². The van der Waals surface area contributed by atoms with Gasteiger partial charge in [0.15, 0.2) is 17.2 Å². The van der Waals surface area contributed by atoms with E-state index < -0.39 is 36.8 Å². The van der Waals surface area contributed by atoms with E-state index in [1.165, 1.54) is 19.4 Å². The number of cyclic esters (lactones) is 1. The molecule has 2 aromatic rings. The summed E-state index contributed by atoms with van der Waals surface area (Å²) in [6, 6.07) is 8.22. The number of ether oxygens (including phenoxy) is 7. The van der Waals surface area contributed by atoms with Gasteiger partial charge in [-0.1, -0.05) is 19.8 Å². The standard InChI is InChI=1S/C31H41IN2O10/c1-5-7-8-23-20(3)44-31(37)24(14-16-40-26(23)17-41-22-11-9-21(32)10-12-22)34-30(36)28-29(25(38-4)13-15-33-28)43-19-42-27(35)18-39-6-2/h9-13,15,20,23-24,26H,5-8,14,16-19H2,1-4H3,(H,34,36)/t20-,23-,24-,26+/m0/s1. The Morgan fingerprint density at radius 3 is 2.61 bits per heavy atom. The molecule has 0 radical (unpaired) electrons. The van der Waals surface area contributed by atoms with Crippen LogP contribution < -0.4 is 19.5 Å². The van der Waals surface area contributed by atoms with Crippen LogP contribution in [-0.2, 0) is 28.5 Å². The SMILES string of the molecule is CCCC[C@H]1[C@H](C)OC(=O)[C@@H](NC(=O)c2nccc(OC)c2OCOC(=O)COCC)CCO[C@@H]1COc1ccc(I)cc1. The number of esters is 2. The van der Waals surface area contributed by atoms with Crippen LogP contribution in [0.15, 0.2) is 36.5 Å². The minimum absolute atomic E-state index is 0.0507. The van der Waals surface area contributed by atoms with Gasteiger partial charge in [-0.25, -0.2) is 14.6 Å². The molecule has 3 rings (SSSR count). The molecule has 1 N–H and O–H groups in total. The second kappa shape index (κ2) is 18.6. The van der Waals surface area contributed by atoms with Crippen molar-refractivity contribution in [2.45, 2.75) is 64.7 Å². The van der Waals surface area contributed by atoms with Gasteiger partial charge in [0.25, 0.3) is 5.91 Å². The minimum Gasteiger partial charge on any atom is -0.493 e. The Balaban J connectivity index is 1.72. The van der Waals surface area contributed by atoms with Crippen LogP contribution in [0.5, 0.6) is 17.2 Å². The summed E-state index contributed by atoms with van der Waals surface area (Å²) in [6.07, 6.45) is 3.40. The van der Waals surface area contributed by atoms with Gasteiger partial charge in [0.1, 0.15) is 31.1 Å². The highest BCUT2D eigenvalue weighted by molar-refractivity contribution is 14.1. The number of halogens is 1. The lowest BCUT2D eigenvalue weighted by Crippen LogP contribution is -2.44. The fourth-order valence-electron chi connectivity index (χ4n) is 4.61. The maximum atomic E-state index is 13.4. The van der Waals surface area contributed by atoms with Crippen molar-refractivity contribution in [3.05, 3.63) is 45.8 Å². The molecular weight excluding hydrogens is 687 g/mol. The third kappa shape index (κ3) is 10.8. The Bertz CT molecular complexity index is 1210. The van der Waals surface area contributed by atoms with Gasteiger partial charge in [0, 0.05) is 41.4 Å². The molecule has 1 aliphatic rings. The molecule has 1 aromatic heterocycles. The molecule has 242 valence electrons. The van der Waals surface area contributed by atoms with Crippen LogP contribution >= 0.6 is 22.6 Å². The molecule has 12 nitrogen and oxygen atoms in total. The normalized spacial score (nSPS) is 20.3. The Kier molecular flexibility index (Phi) is 14.9. The molecule has 4 atom stereocenters. The number of pyridine rings is 1. The van der Waals surface area contributed by atoms with Crippen LogP contribution in [0.4, 0.5) is 0 Å². The minimum atomic E-state index is -1.02. The summed E-state index contributed by atoms with van der Waals surface area (Å²) in [4.78, 5) is 42.6. The summed E-state index contributed by atoms with van der Waals surface area (Å²) < 4.78 is 40.2. The Hall–Kier alpha value is -3.17. The molecule has 1 saturated heterocycles. The first-order valence-electron chi connectivity index (χ1n) is 14.7. The Labute approximate surface area is 271 Å². The fourth-order valence-corrected chi connectivity index (χ4v) is 4.97. The quantitative estimate of drug-likeness (QED) is 0.159. The monoisotopic (exact) mass is 728 g/mol. The maximum absolute atomic E-state index is 13.4. The molecule has 1 aromatic carbocycles. The van der Waals surface area contributed by atoms with E-state index in [0.29, 0.717) is 6.61 Å². The molecule has 2 heterocycles. The molecule has 44 heavy (non-hydrogen) atoms. The predicted octanol–water partition coefficient (Wildman–Crippen LogP) is 4.32. The van der Waals surface area contributed by atoms with Gasteiger partial charge in [0.05, 0.1) is 13.2 Å². The van der Waals surface area contributed by atoms with Crippen molar-refractivity contribution in [1.82, 2.24) is 10.3 Å². The van der Waals surface area contributed by atoms with Crippen molar-refractivity contribution < 1.29 is 47.5 Å². The molecule has 0 unspecified atom stereocenters. The van der Waals surface area contributed by atoms with E-state index in [9.17, 15) is 14.4 Å². The number of aromatic nitrogens is 1. The molecule has 1 amide bonds. The summed E-state index contributed by atoms with van der Waals surface area (Å²) in [5, 5.41) is 2.70. The van der Waals surface area contributed by atoms with Gasteiger partial charge < -0.3 is 38.5 Å². The van der Waals surface area contributed by atoms with Gasteiger partial charge in [-0.15, -0.1) is 0 Å². The van der Waals surface area contributed by atoms with Crippen molar-refractivity contribution in [1.29, 1.82) is 0 Å². The molecule has 1 fully saturated rings. The first kappa shape index (κ1) is 35.3. The third-order valence-electron chi connectivity index (χ3n) is 6.98. The van der Waals surface area contributed by atoms with Crippen molar-refractivity contribution in [2.75, 3.05) is 40.3 Å². The van der Waals surface area contributed by atoms with Crippen LogP contribution in [0.2, 0.25) is 0 Å². The lowest BCUT2D eigenvalue weighted by molar-refractivity contribution is -0.156. The van der Waals surface area contributed by atoms with Crippen LogP contribution in [0.1, 0.15) is 56.9 Å². The number of methoxy groups -OCH3 is 1. The molecule has 0 spiro atoms. The van der Waals surface area contributed by atoms with Crippen LogP contribution in [0.3, 0.4) is 0 Å². The average Bonchev–Trinajstić information content (AvgIpc) is 3.06. The number of carbonyl (C=O) groups excluding carboxylic acids is 3. The number of rotatable bonds is 15. The summed E-state index contributed by atoms with van der Waals surface area (Å²) in [7, 11) is 1.40. The van der Waals surface area contributed by atoms with Gasteiger partial charge >= 0.3 is 11.9 Å². The van der Waals surface area contributed by atoms with Crippen LogP contribution in [-0.4, -0.2) is 81.4 Å². The number of unbranched alkanes of at least 4 members (excludes halogenated alkanes) is 1. The number of hydrogen-bond donors (Lipinski definition) is 1. The van der Waals surface area contributed by atoms with Crippen molar-refractivity contribution in [2.24, 2.45) is 5.92 Å². The molecule has 0 bridgehead atoms. The summed E-state index contributed by atoms with van der Waals surface area (Å²) in [5.74, 6) is -1.16. The fraction of sp³-hybridized carbons (Fsp3) is 0.548. The second-order valence-corrected chi connectivity index (χ2v) is 11.3. The zero-order valence-corrected chi connectivity index (χ0v) is 27.7. The van der Waals surface area contributed by atoms with Gasteiger partial charge in [-0.05, 0) is 67.1 Å². The highest BCUT2D eigenvalue weighted by Gasteiger charge is 2.35. The topological polar surface area (TPSA) is 141 Å². The lowest BCUT2D eigenvalue weighted by atomic mass is 9.91. The number of benzene rings is 1. The van der Waals surface area contributed by atoms with E-state index in [1.807, 2.05) is 31.2 Å². The molecule has 13 heteroatoms. The van der Waals surface area contributed by atoms with E-state index in [0.717, 1.165) is 28.6 Å². The van der Waals surface area contributed by atoms with Gasteiger partial charge in [-0.3, -0.25) is 4.79 Å². The molecular formula is C31H41IN2O10. The van der Waals surface area contributed by atoms with E-state index in [4.69, 9.17) is 33.2 Å². The number of hydrogen-bond acceptors (Lipinski definition) is 11. The Morgan fingerprint density at radius 2 is 1.91 bits per heavy atom. The highest BCUT2D eigenvalue weighted by Crippen LogP contribution is 2.30. The maximum Gasteiger partial charge on any atom is 0.334 e. The van der Waals surface area contributed by atoms with Crippen LogP contribution in [0.25, 0.3) is 0 Å². The third-order valence-corrected chi connectivity index (χ3v) is 7.70. The van der Waals surface area contributed by atoms with Crippen molar-refractivity contribution in [3.63, 3.8) is 0 Å². The highest BCUT2D eigenvalue weighted by atomic mass is 127. The Morgan fingerprint density at radius 1 is 1.14 bits per heavy atom. The number of nitrogens with zero attached hydrogens (tertiary/aromatic N) is 1.